The lowest BCUT2D eigenvalue weighted by Gasteiger charge is -2.32. The first-order valence-electron chi connectivity index (χ1n) is 9.42. The quantitative estimate of drug-likeness (QED) is 0.777. The van der Waals surface area contributed by atoms with Crippen LogP contribution in [-0.2, 0) is 9.59 Å². The van der Waals surface area contributed by atoms with Gasteiger partial charge in [-0.2, -0.15) is 0 Å². The van der Waals surface area contributed by atoms with E-state index in [1.165, 1.54) is 6.26 Å². The molecule has 2 aromatic rings. The third-order valence-corrected chi connectivity index (χ3v) is 5.01. The maximum atomic E-state index is 12.4. The van der Waals surface area contributed by atoms with Crippen LogP contribution in [0.2, 0.25) is 0 Å². The van der Waals surface area contributed by atoms with Gasteiger partial charge < -0.3 is 20.0 Å². The summed E-state index contributed by atoms with van der Waals surface area (Å²) in [6, 6.07) is 8.78. The van der Waals surface area contributed by atoms with Crippen LogP contribution in [0.25, 0.3) is 0 Å². The van der Waals surface area contributed by atoms with Crippen LogP contribution in [0, 0.1) is 13.8 Å². The number of carbonyl (C=O) groups is 3. The minimum absolute atomic E-state index is 0.173. The Morgan fingerprint density at radius 3 is 2.71 bits per heavy atom. The summed E-state index contributed by atoms with van der Waals surface area (Å²) < 4.78 is 5.16. The van der Waals surface area contributed by atoms with Gasteiger partial charge in [-0.15, -0.1) is 0 Å². The lowest BCUT2D eigenvalue weighted by molar-refractivity contribution is -0.127. The van der Waals surface area contributed by atoms with Crippen LogP contribution >= 0.6 is 0 Å². The van der Waals surface area contributed by atoms with E-state index in [2.05, 4.69) is 10.6 Å². The number of piperidine rings is 1. The fourth-order valence-electron chi connectivity index (χ4n) is 3.34. The number of furan rings is 1. The second-order valence-corrected chi connectivity index (χ2v) is 7.11. The highest BCUT2D eigenvalue weighted by atomic mass is 16.3. The van der Waals surface area contributed by atoms with E-state index in [0.29, 0.717) is 24.5 Å². The number of anilines is 1. The van der Waals surface area contributed by atoms with E-state index in [-0.39, 0.29) is 30.2 Å². The second-order valence-electron chi connectivity index (χ2n) is 7.11. The molecule has 3 amide bonds. The van der Waals surface area contributed by atoms with E-state index in [1.807, 2.05) is 32.0 Å². The second kappa shape index (κ2) is 8.73. The van der Waals surface area contributed by atoms with Gasteiger partial charge >= 0.3 is 0 Å². The molecule has 0 aliphatic carbocycles. The third-order valence-electron chi connectivity index (χ3n) is 5.01. The largest absolute Gasteiger partial charge is 0.459 e. The van der Waals surface area contributed by atoms with Crippen molar-refractivity contribution in [3.05, 3.63) is 53.5 Å². The molecule has 0 bridgehead atoms. The number of amides is 3. The van der Waals surface area contributed by atoms with Gasteiger partial charge in [-0.1, -0.05) is 12.1 Å². The van der Waals surface area contributed by atoms with E-state index in [0.717, 1.165) is 24.0 Å². The number of rotatable bonds is 5. The predicted octanol–water partition coefficient (Wildman–Crippen LogP) is 2.65. The van der Waals surface area contributed by atoms with Gasteiger partial charge in [-0.25, -0.2) is 0 Å². The van der Waals surface area contributed by atoms with Crippen molar-refractivity contribution in [3.8, 4) is 0 Å². The van der Waals surface area contributed by atoms with Gasteiger partial charge in [-0.05, 0) is 56.0 Å². The van der Waals surface area contributed by atoms with Crippen molar-refractivity contribution in [1.29, 1.82) is 0 Å². The molecular formula is C21H25N3O4. The zero-order valence-electron chi connectivity index (χ0n) is 16.2. The number of benzene rings is 1. The molecule has 0 unspecified atom stereocenters. The zero-order chi connectivity index (χ0) is 20.1. The number of nitrogens with zero attached hydrogens (tertiary/aromatic N) is 1. The first-order chi connectivity index (χ1) is 13.4. The number of likely N-dealkylation sites (tertiary alicyclic amines) is 1. The van der Waals surface area contributed by atoms with Crippen LogP contribution in [0.5, 0.6) is 0 Å². The van der Waals surface area contributed by atoms with Crippen molar-refractivity contribution in [2.75, 3.05) is 18.4 Å². The predicted molar refractivity (Wildman–Crippen MR) is 105 cm³/mol. The van der Waals surface area contributed by atoms with Crippen LogP contribution < -0.4 is 10.6 Å². The molecule has 1 aromatic carbocycles. The Hall–Kier alpha value is -3.09. The lowest BCUT2D eigenvalue weighted by atomic mass is 10.0. The number of hydrogen-bond acceptors (Lipinski definition) is 4. The summed E-state index contributed by atoms with van der Waals surface area (Å²) in [5.41, 5.74) is 2.77. The molecule has 2 heterocycles. The Labute approximate surface area is 164 Å². The standard InChI is InChI=1S/C21H25N3O4/c1-14-6-3-8-17(15(14)2)23-20(26)12-19(25)22-16-7-4-10-24(13-16)21(27)18-9-5-11-28-18/h3,5-6,8-9,11,16H,4,7,10,12-13H2,1-2H3,(H,22,25)(H,23,26)/t16-/m1/s1. The highest BCUT2D eigenvalue weighted by Crippen LogP contribution is 2.18. The van der Waals surface area contributed by atoms with Crippen LogP contribution in [0.3, 0.4) is 0 Å². The van der Waals surface area contributed by atoms with Gasteiger partial charge in [0.2, 0.25) is 11.8 Å². The smallest absolute Gasteiger partial charge is 0.289 e. The highest BCUT2D eigenvalue weighted by molar-refractivity contribution is 6.04. The summed E-state index contributed by atoms with van der Waals surface area (Å²) in [5, 5.41) is 5.66. The summed E-state index contributed by atoms with van der Waals surface area (Å²) in [4.78, 5) is 38.5. The number of nitrogens with one attached hydrogen (secondary N) is 2. The van der Waals surface area contributed by atoms with Crippen molar-refractivity contribution < 1.29 is 18.8 Å². The molecule has 1 saturated heterocycles. The Kier molecular flexibility index (Phi) is 6.13. The third kappa shape index (κ3) is 4.79. The van der Waals surface area contributed by atoms with Crippen LogP contribution in [0.4, 0.5) is 5.69 Å². The van der Waals surface area contributed by atoms with E-state index in [4.69, 9.17) is 4.42 Å². The van der Waals surface area contributed by atoms with E-state index >= 15 is 0 Å². The number of hydrogen-bond donors (Lipinski definition) is 2. The van der Waals surface area contributed by atoms with Crippen molar-refractivity contribution in [2.45, 2.75) is 39.2 Å². The SMILES string of the molecule is Cc1cccc(NC(=O)CC(=O)N[C@@H]2CCCN(C(=O)c3ccco3)C2)c1C. The van der Waals surface area contributed by atoms with Gasteiger partial charge in [0.05, 0.1) is 6.26 Å². The number of carbonyl (C=O) groups excluding carboxylic acids is 3. The Balaban J connectivity index is 1.50. The fourth-order valence-corrected chi connectivity index (χ4v) is 3.34. The molecule has 0 spiro atoms. The van der Waals surface area contributed by atoms with Crippen LogP contribution in [0.15, 0.2) is 41.0 Å². The van der Waals surface area contributed by atoms with Gasteiger partial charge in [0.25, 0.3) is 5.91 Å². The van der Waals surface area contributed by atoms with Gasteiger partial charge in [0, 0.05) is 24.8 Å². The van der Waals surface area contributed by atoms with Gasteiger partial charge in [0.15, 0.2) is 5.76 Å². The molecule has 0 radical (unpaired) electrons. The molecule has 1 atom stereocenters. The summed E-state index contributed by atoms with van der Waals surface area (Å²) >= 11 is 0. The van der Waals surface area contributed by atoms with Crippen LogP contribution in [-0.4, -0.2) is 41.8 Å². The summed E-state index contributed by atoms with van der Waals surface area (Å²) in [7, 11) is 0. The molecular weight excluding hydrogens is 358 g/mol. The maximum absolute atomic E-state index is 12.4. The van der Waals surface area contributed by atoms with E-state index < -0.39 is 0 Å². The summed E-state index contributed by atoms with van der Waals surface area (Å²) in [6.07, 6.45) is 2.76. The van der Waals surface area contributed by atoms with Crippen molar-refractivity contribution in [1.82, 2.24) is 10.2 Å². The first kappa shape index (κ1) is 19.7. The molecule has 2 N–H and O–H groups in total. The molecule has 28 heavy (non-hydrogen) atoms. The summed E-state index contributed by atoms with van der Waals surface area (Å²) in [6.45, 7) is 4.93. The Bertz CT molecular complexity index is 861. The van der Waals surface area contributed by atoms with E-state index in [9.17, 15) is 14.4 Å². The molecule has 7 heteroatoms. The summed E-state index contributed by atoms with van der Waals surface area (Å²) in [5.74, 6) is -0.595. The zero-order valence-corrected chi connectivity index (χ0v) is 16.2. The Morgan fingerprint density at radius 1 is 1.14 bits per heavy atom. The Morgan fingerprint density at radius 2 is 1.96 bits per heavy atom. The topological polar surface area (TPSA) is 91.7 Å². The molecule has 148 valence electrons. The molecule has 0 saturated carbocycles. The van der Waals surface area contributed by atoms with Crippen molar-refractivity contribution in [2.24, 2.45) is 0 Å². The molecule has 3 rings (SSSR count). The van der Waals surface area contributed by atoms with Crippen molar-refractivity contribution >= 4 is 23.4 Å². The molecule has 7 nitrogen and oxygen atoms in total. The monoisotopic (exact) mass is 383 g/mol. The molecule has 1 aliphatic heterocycles. The van der Waals surface area contributed by atoms with Gasteiger partial charge in [-0.3, -0.25) is 14.4 Å². The van der Waals surface area contributed by atoms with Crippen LogP contribution in [0.1, 0.15) is 40.9 Å². The average Bonchev–Trinajstić information content (AvgIpc) is 3.19. The normalized spacial score (nSPS) is 16.5. The van der Waals surface area contributed by atoms with Gasteiger partial charge in [0.1, 0.15) is 6.42 Å². The average molecular weight is 383 g/mol. The minimum Gasteiger partial charge on any atom is -0.459 e. The molecule has 1 aliphatic rings. The first-order valence-corrected chi connectivity index (χ1v) is 9.42. The molecule has 1 fully saturated rings. The lowest BCUT2D eigenvalue weighted by Crippen LogP contribution is -2.50. The number of aryl methyl sites for hydroxylation is 1. The highest BCUT2D eigenvalue weighted by Gasteiger charge is 2.27. The fraction of sp³-hybridized carbons (Fsp3) is 0.381. The maximum Gasteiger partial charge on any atom is 0.289 e. The van der Waals surface area contributed by atoms with E-state index in [1.54, 1.807) is 17.0 Å². The minimum atomic E-state index is -0.356. The molecule has 1 aromatic heterocycles. The van der Waals surface area contributed by atoms with Crippen molar-refractivity contribution in [3.63, 3.8) is 0 Å².